The predicted molar refractivity (Wildman–Crippen MR) is 105 cm³/mol. The summed E-state index contributed by atoms with van der Waals surface area (Å²) in [6.07, 6.45) is 3.12. The molecule has 0 fully saturated rings. The van der Waals surface area contributed by atoms with Gasteiger partial charge < -0.3 is 4.74 Å². The van der Waals surface area contributed by atoms with Gasteiger partial charge in [0.05, 0.1) is 15.8 Å². The largest absolute Gasteiger partial charge is 0.450 e. The second kappa shape index (κ2) is 7.88. The number of amides is 1. The minimum absolute atomic E-state index is 0.219. The maximum absolute atomic E-state index is 11.6. The van der Waals surface area contributed by atoms with Crippen molar-refractivity contribution in [2.45, 2.75) is 26.8 Å². The number of anilines is 1. The predicted octanol–water partition coefficient (Wildman–Crippen LogP) is 5.48. The molecule has 0 aliphatic rings. The first-order valence-corrected chi connectivity index (χ1v) is 9.42. The summed E-state index contributed by atoms with van der Waals surface area (Å²) in [5.41, 5.74) is 2.70. The quantitative estimate of drug-likeness (QED) is 0.626. The van der Waals surface area contributed by atoms with Crippen LogP contribution < -0.4 is 5.32 Å². The summed E-state index contributed by atoms with van der Waals surface area (Å²) >= 11 is 7.58. The first-order valence-electron chi connectivity index (χ1n) is 8.23. The molecule has 26 heavy (non-hydrogen) atoms. The SMILES string of the molecule is CCOC(=O)Nc1cc(-c2cn(C(C)C)nc2-c2ccc(Cl)s2)ccn1. The Morgan fingerprint density at radius 3 is 2.85 bits per heavy atom. The molecule has 1 N–H and O–H groups in total. The van der Waals surface area contributed by atoms with Crippen LogP contribution in [0.1, 0.15) is 26.8 Å². The Kier molecular flexibility index (Phi) is 5.58. The molecule has 136 valence electrons. The molecule has 8 heteroatoms. The molecular formula is C18H19ClN4O2S. The van der Waals surface area contributed by atoms with E-state index in [2.05, 4.69) is 24.1 Å². The summed E-state index contributed by atoms with van der Waals surface area (Å²) in [6, 6.07) is 7.73. The summed E-state index contributed by atoms with van der Waals surface area (Å²) in [7, 11) is 0. The lowest BCUT2D eigenvalue weighted by atomic mass is 10.1. The smallest absolute Gasteiger partial charge is 0.412 e. The number of hydrogen-bond acceptors (Lipinski definition) is 5. The molecule has 0 bridgehead atoms. The maximum Gasteiger partial charge on any atom is 0.412 e. The highest BCUT2D eigenvalue weighted by Gasteiger charge is 2.17. The Hall–Kier alpha value is -2.38. The zero-order chi connectivity index (χ0) is 18.7. The molecular weight excluding hydrogens is 372 g/mol. The zero-order valence-corrected chi connectivity index (χ0v) is 16.3. The summed E-state index contributed by atoms with van der Waals surface area (Å²) in [4.78, 5) is 16.8. The minimum atomic E-state index is -0.528. The average Bonchev–Trinajstić information content (AvgIpc) is 3.21. The molecule has 3 aromatic rings. The first-order chi connectivity index (χ1) is 12.5. The van der Waals surface area contributed by atoms with Crippen LogP contribution >= 0.6 is 22.9 Å². The maximum atomic E-state index is 11.6. The Labute approximate surface area is 160 Å². The van der Waals surface area contributed by atoms with Gasteiger partial charge in [-0.1, -0.05) is 11.6 Å². The molecule has 0 radical (unpaired) electrons. The standard InChI is InChI=1S/C18H19ClN4O2S/c1-4-25-18(24)21-16-9-12(7-8-20-16)13-10-23(11(2)3)22-17(13)14-5-6-15(19)26-14/h5-11H,4H2,1-3H3,(H,20,21,24). The second-order valence-electron chi connectivity index (χ2n) is 5.84. The van der Waals surface area contributed by atoms with Gasteiger partial charge in [-0.3, -0.25) is 10.00 Å². The third-order valence-electron chi connectivity index (χ3n) is 3.64. The van der Waals surface area contributed by atoms with Gasteiger partial charge in [-0.25, -0.2) is 9.78 Å². The van der Waals surface area contributed by atoms with E-state index in [0.29, 0.717) is 16.8 Å². The number of carbonyl (C=O) groups excluding carboxylic acids is 1. The fourth-order valence-corrected chi connectivity index (χ4v) is 3.47. The van der Waals surface area contributed by atoms with Crippen LogP contribution in [0.25, 0.3) is 21.7 Å². The fourth-order valence-electron chi connectivity index (χ4n) is 2.43. The molecule has 3 aromatic heterocycles. The number of aromatic nitrogens is 3. The lowest BCUT2D eigenvalue weighted by molar-refractivity contribution is 0.168. The minimum Gasteiger partial charge on any atom is -0.450 e. The van der Waals surface area contributed by atoms with Gasteiger partial charge >= 0.3 is 6.09 Å². The molecule has 0 aliphatic heterocycles. The van der Waals surface area contributed by atoms with Gasteiger partial charge in [-0.15, -0.1) is 11.3 Å². The topological polar surface area (TPSA) is 69.0 Å². The van der Waals surface area contributed by atoms with Crippen molar-refractivity contribution in [3.8, 4) is 21.7 Å². The summed E-state index contributed by atoms with van der Waals surface area (Å²) in [5.74, 6) is 0.424. The van der Waals surface area contributed by atoms with E-state index in [1.54, 1.807) is 19.2 Å². The highest BCUT2D eigenvalue weighted by atomic mass is 35.5. The third-order valence-corrected chi connectivity index (χ3v) is 4.88. The fraction of sp³-hybridized carbons (Fsp3) is 0.278. The van der Waals surface area contributed by atoms with Crippen molar-refractivity contribution in [1.82, 2.24) is 14.8 Å². The number of thiophene rings is 1. The van der Waals surface area contributed by atoms with Crippen LogP contribution in [0.15, 0.2) is 36.7 Å². The molecule has 6 nitrogen and oxygen atoms in total. The monoisotopic (exact) mass is 390 g/mol. The zero-order valence-electron chi connectivity index (χ0n) is 14.7. The summed E-state index contributed by atoms with van der Waals surface area (Å²) < 4.78 is 7.53. The number of nitrogens with one attached hydrogen (secondary N) is 1. The van der Waals surface area contributed by atoms with Crippen LogP contribution in [0.2, 0.25) is 4.34 Å². The van der Waals surface area contributed by atoms with Gasteiger partial charge in [-0.2, -0.15) is 5.10 Å². The van der Waals surface area contributed by atoms with E-state index >= 15 is 0 Å². The van der Waals surface area contributed by atoms with Crippen molar-refractivity contribution in [2.24, 2.45) is 0 Å². The third kappa shape index (κ3) is 4.05. The van der Waals surface area contributed by atoms with Crippen LogP contribution in [0, 0.1) is 0 Å². The van der Waals surface area contributed by atoms with Crippen LogP contribution in [-0.4, -0.2) is 27.5 Å². The van der Waals surface area contributed by atoms with Crippen molar-refractivity contribution >= 4 is 34.8 Å². The van der Waals surface area contributed by atoms with Gasteiger partial charge in [-0.05, 0) is 50.6 Å². The van der Waals surface area contributed by atoms with Crippen molar-refractivity contribution in [3.63, 3.8) is 0 Å². The van der Waals surface area contributed by atoms with Gasteiger partial charge in [0.2, 0.25) is 0 Å². The van der Waals surface area contributed by atoms with E-state index < -0.39 is 6.09 Å². The van der Waals surface area contributed by atoms with Crippen LogP contribution in [0.5, 0.6) is 0 Å². The second-order valence-corrected chi connectivity index (χ2v) is 7.56. The van der Waals surface area contributed by atoms with Crippen LogP contribution in [-0.2, 0) is 4.74 Å². The molecule has 1 amide bonds. The van der Waals surface area contributed by atoms with Crippen LogP contribution in [0.3, 0.4) is 0 Å². The van der Waals surface area contributed by atoms with Crippen molar-refractivity contribution in [3.05, 3.63) is 41.0 Å². The number of ether oxygens (including phenoxy) is 1. The lowest BCUT2D eigenvalue weighted by Crippen LogP contribution is -2.14. The molecule has 0 saturated heterocycles. The molecule has 0 aliphatic carbocycles. The molecule has 0 saturated carbocycles. The van der Waals surface area contributed by atoms with Crippen LogP contribution in [0.4, 0.5) is 10.6 Å². The van der Waals surface area contributed by atoms with E-state index in [9.17, 15) is 4.79 Å². The van der Waals surface area contributed by atoms with Gasteiger partial charge in [0, 0.05) is 24.0 Å². The number of pyridine rings is 1. The van der Waals surface area contributed by atoms with E-state index in [1.807, 2.05) is 29.1 Å². The van der Waals surface area contributed by atoms with Gasteiger partial charge in [0.25, 0.3) is 0 Å². The summed E-state index contributed by atoms with van der Waals surface area (Å²) in [6.45, 7) is 6.20. The van der Waals surface area contributed by atoms with Crippen molar-refractivity contribution in [1.29, 1.82) is 0 Å². The normalized spacial score (nSPS) is 11.0. The summed E-state index contributed by atoms with van der Waals surface area (Å²) in [5, 5.41) is 7.35. The number of nitrogens with zero attached hydrogens (tertiary/aromatic N) is 3. The highest BCUT2D eigenvalue weighted by molar-refractivity contribution is 7.19. The molecule has 0 aromatic carbocycles. The van der Waals surface area contributed by atoms with Gasteiger partial charge in [0.1, 0.15) is 11.5 Å². The highest BCUT2D eigenvalue weighted by Crippen LogP contribution is 2.37. The molecule has 3 heterocycles. The van der Waals surface area contributed by atoms with Gasteiger partial charge in [0.15, 0.2) is 0 Å². The molecule has 0 unspecified atom stereocenters. The number of halogens is 1. The molecule has 3 rings (SSSR count). The Bertz CT molecular complexity index is 920. The van der Waals surface area contributed by atoms with E-state index in [1.165, 1.54) is 11.3 Å². The van der Waals surface area contributed by atoms with E-state index in [-0.39, 0.29) is 6.04 Å². The molecule has 0 spiro atoms. The average molecular weight is 391 g/mol. The molecule has 0 atom stereocenters. The Balaban J connectivity index is 2.01. The Morgan fingerprint density at radius 2 is 2.19 bits per heavy atom. The van der Waals surface area contributed by atoms with Crippen molar-refractivity contribution < 1.29 is 9.53 Å². The first kappa shape index (κ1) is 18.4. The number of carbonyl (C=O) groups is 1. The number of rotatable bonds is 5. The Morgan fingerprint density at radius 1 is 1.38 bits per heavy atom. The number of hydrogen-bond donors (Lipinski definition) is 1. The van der Waals surface area contributed by atoms with E-state index in [0.717, 1.165) is 21.7 Å². The lowest BCUT2D eigenvalue weighted by Gasteiger charge is -2.06. The van der Waals surface area contributed by atoms with E-state index in [4.69, 9.17) is 21.4 Å². The van der Waals surface area contributed by atoms with Crippen molar-refractivity contribution in [2.75, 3.05) is 11.9 Å².